The maximum absolute atomic E-state index is 13.2. The average molecular weight is 318 g/mol. The lowest BCUT2D eigenvalue weighted by Crippen LogP contribution is -2.10. The molecule has 0 unspecified atom stereocenters. The highest BCUT2D eigenvalue weighted by atomic mass is 16.5. The highest BCUT2D eigenvalue weighted by molar-refractivity contribution is 6.19. The van der Waals surface area contributed by atoms with E-state index in [0.717, 1.165) is 47.3 Å². The topological polar surface area (TPSA) is 26.3 Å². The molecule has 4 rings (SSSR count). The Bertz CT molecular complexity index is 832. The SMILES string of the molecule is CCc1ccc2c(c1CC)C(=O)[C]1[C]2Oc2cc(C(C)C)ccc21. The number of benzene rings is 2. The number of Topliss-reactive ketones (excluding diaryl/α,β-unsaturated/α-hetero) is 1. The number of aryl methyl sites for hydroxylation is 1. The zero-order chi connectivity index (χ0) is 17.0. The van der Waals surface area contributed by atoms with Crippen molar-refractivity contribution >= 4 is 5.78 Å². The summed E-state index contributed by atoms with van der Waals surface area (Å²) in [6.07, 6.45) is 2.57. The lowest BCUT2D eigenvalue weighted by molar-refractivity contribution is 0.102. The van der Waals surface area contributed by atoms with Crippen molar-refractivity contribution in [2.75, 3.05) is 0 Å². The smallest absolute Gasteiger partial charge is 0.198 e. The Morgan fingerprint density at radius 2 is 1.75 bits per heavy atom. The van der Waals surface area contributed by atoms with E-state index in [0.29, 0.717) is 5.92 Å². The summed E-state index contributed by atoms with van der Waals surface area (Å²) >= 11 is 0. The number of ketones is 1. The Kier molecular flexibility index (Phi) is 3.52. The molecule has 2 aromatic carbocycles. The summed E-state index contributed by atoms with van der Waals surface area (Å²) in [4.78, 5) is 13.2. The number of carbonyl (C=O) groups excluding carboxylic acids is 1. The molecule has 1 aliphatic carbocycles. The molecule has 0 saturated carbocycles. The van der Waals surface area contributed by atoms with Gasteiger partial charge in [-0.3, -0.25) is 4.79 Å². The highest BCUT2D eigenvalue weighted by Gasteiger charge is 2.51. The van der Waals surface area contributed by atoms with Crippen molar-refractivity contribution in [1.82, 2.24) is 0 Å². The monoisotopic (exact) mass is 318 g/mol. The van der Waals surface area contributed by atoms with E-state index in [1.807, 2.05) is 6.07 Å². The largest absolute Gasteiger partial charge is 0.476 e. The summed E-state index contributed by atoms with van der Waals surface area (Å²) in [5.74, 6) is 2.14. The maximum Gasteiger partial charge on any atom is 0.198 e. The van der Waals surface area contributed by atoms with Crippen LogP contribution in [-0.4, -0.2) is 5.78 Å². The second-order valence-corrected chi connectivity index (χ2v) is 6.88. The van der Waals surface area contributed by atoms with Gasteiger partial charge in [-0.2, -0.15) is 0 Å². The van der Waals surface area contributed by atoms with Gasteiger partial charge in [0.05, 0.1) is 0 Å². The van der Waals surface area contributed by atoms with E-state index >= 15 is 0 Å². The first-order valence-corrected chi connectivity index (χ1v) is 8.83. The molecule has 1 heterocycles. The quantitative estimate of drug-likeness (QED) is 0.793. The van der Waals surface area contributed by atoms with Crippen LogP contribution in [-0.2, 0) is 12.8 Å². The molecule has 2 aliphatic rings. The maximum atomic E-state index is 13.2. The van der Waals surface area contributed by atoms with Crippen LogP contribution in [0.1, 0.15) is 71.8 Å². The zero-order valence-corrected chi connectivity index (χ0v) is 14.7. The fourth-order valence-corrected chi connectivity index (χ4v) is 3.89. The summed E-state index contributed by atoms with van der Waals surface area (Å²) in [6, 6.07) is 10.4. The second-order valence-electron chi connectivity index (χ2n) is 6.88. The van der Waals surface area contributed by atoms with E-state index < -0.39 is 0 Å². The molecule has 0 aromatic heterocycles. The number of hydrogen-bond acceptors (Lipinski definition) is 2. The molecule has 0 fully saturated rings. The lowest BCUT2D eigenvalue weighted by Gasteiger charge is -2.14. The van der Waals surface area contributed by atoms with Gasteiger partial charge in [0, 0.05) is 16.7 Å². The van der Waals surface area contributed by atoms with Gasteiger partial charge in [-0.25, -0.2) is 0 Å². The summed E-state index contributed by atoms with van der Waals surface area (Å²) < 4.78 is 6.15. The van der Waals surface area contributed by atoms with Gasteiger partial charge in [0.2, 0.25) is 0 Å². The van der Waals surface area contributed by atoms with Crippen molar-refractivity contribution in [2.45, 2.75) is 46.5 Å². The van der Waals surface area contributed by atoms with Gasteiger partial charge in [0.25, 0.3) is 0 Å². The third-order valence-electron chi connectivity index (χ3n) is 5.22. The Morgan fingerprint density at radius 3 is 2.42 bits per heavy atom. The Balaban J connectivity index is 1.83. The predicted molar refractivity (Wildman–Crippen MR) is 95.4 cm³/mol. The van der Waals surface area contributed by atoms with Crippen molar-refractivity contribution in [3.05, 3.63) is 75.7 Å². The predicted octanol–water partition coefficient (Wildman–Crippen LogP) is 5.03. The number of carbonyl (C=O) groups is 1. The van der Waals surface area contributed by atoms with Crippen LogP contribution in [0.5, 0.6) is 5.75 Å². The molecule has 2 radical (unpaired) electrons. The first-order chi connectivity index (χ1) is 11.6. The number of rotatable bonds is 3. The molecular formula is C22H22O2. The molecule has 2 heteroatoms. The Labute approximate surface area is 143 Å². The lowest BCUT2D eigenvalue weighted by atomic mass is 9.91. The third kappa shape index (κ3) is 1.98. The van der Waals surface area contributed by atoms with Crippen molar-refractivity contribution in [3.8, 4) is 5.75 Å². The van der Waals surface area contributed by atoms with Gasteiger partial charge in [-0.15, -0.1) is 0 Å². The molecule has 0 spiro atoms. The van der Waals surface area contributed by atoms with E-state index in [4.69, 9.17) is 4.74 Å². The van der Waals surface area contributed by atoms with Gasteiger partial charge < -0.3 is 4.74 Å². The van der Waals surface area contributed by atoms with Crippen LogP contribution in [0.4, 0.5) is 0 Å². The fourth-order valence-electron chi connectivity index (χ4n) is 3.89. The minimum absolute atomic E-state index is 0.128. The molecule has 0 bridgehead atoms. The van der Waals surface area contributed by atoms with Crippen molar-refractivity contribution in [3.63, 3.8) is 0 Å². The van der Waals surface area contributed by atoms with E-state index in [9.17, 15) is 4.79 Å². The molecule has 0 N–H and O–H groups in total. The van der Waals surface area contributed by atoms with E-state index in [2.05, 4.69) is 52.0 Å². The van der Waals surface area contributed by atoms with Crippen LogP contribution in [0, 0.1) is 12.0 Å². The molecule has 1 aliphatic heterocycles. The summed E-state index contributed by atoms with van der Waals surface area (Å²) in [6.45, 7) is 8.59. The molecule has 122 valence electrons. The first kappa shape index (κ1) is 15.4. The van der Waals surface area contributed by atoms with Gasteiger partial charge in [0.1, 0.15) is 11.7 Å². The fraction of sp³-hybridized carbons (Fsp3) is 0.318. The Hall–Kier alpha value is -2.09. The molecule has 2 aromatic rings. The normalized spacial score (nSPS) is 16.3. The average Bonchev–Trinajstić information content (AvgIpc) is 3.09. The van der Waals surface area contributed by atoms with Gasteiger partial charge in [0.15, 0.2) is 11.9 Å². The van der Waals surface area contributed by atoms with E-state index in [1.54, 1.807) is 0 Å². The molecule has 24 heavy (non-hydrogen) atoms. The molecule has 0 atom stereocenters. The number of fused-ring (bicyclic) bond motifs is 5. The molecular weight excluding hydrogens is 296 g/mol. The summed E-state index contributed by atoms with van der Waals surface area (Å²) in [5.41, 5.74) is 6.44. The Morgan fingerprint density at radius 1 is 1.00 bits per heavy atom. The summed E-state index contributed by atoms with van der Waals surface area (Å²) in [7, 11) is 0. The van der Waals surface area contributed by atoms with Gasteiger partial charge >= 0.3 is 0 Å². The van der Waals surface area contributed by atoms with Crippen LogP contribution in [0.15, 0.2) is 30.3 Å². The third-order valence-corrected chi connectivity index (χ3v) is 5.22. The van der Waals surface area contributed by atoms with Crippen LogP contribution < -0.4 is 4.74 Å². The number of hydrogen-bond donors (Lipinski definition) is 0. The number of ether oxygens (including phenoxy) is 1. The van der Waals surface area contributed by atoms with Crippen molar-refractivity contribution < 1.29 is 9.53 Å². The standard InChI is InChI=1S/C22H22O2/c1-5-13-7-10-17-19(15(13)6-2)21(23)20-16-9-8-14(12(3)4)11-18(16)24-22(17)20/h7-12H,5-6H2,1-4H3. The summed E-state index contributed by atoms with van der Waals surface area (Å²) in [5, 5.41) is 0. The molecule has 2 nitrogen and oxygen atoms in total. The van der Waals surface area contributed by atoms with Gasteiger partial charge in [-0.1, -0.05) is 52.0 Å². The first-order valence-electron chi connectivity index (χ1n) is 8.83. The molecule has 0 saturated heterocycles. The second kappa shape index (κ2) is 5.47. The minimum Gasteiger partial charge on any atom is -0.476 e. The minimum atomic E-state index is 0.128. The van der Waals surface area contributed by atoms with E-state index in [-0.39, 0.29) is 5.78 Å². The van der Waals surface area contributed by atoms with Crippen LogP contribution in [0.2, 0.25) is 0 Å². The van der Waals surface area contributed by atoms with Crippen molar-refractivity contribution in [2.24, 2.45) is 0 Å². The van der Waals surface area contributed by atoms with Crippen LogP contribution in [0.3, 0.4) is 0 Å². The molecule has 0 amide bonds. The highest BCUT2D eigenvalue weighted by Crippen LogP contribution is 2.52. The van der Waals surface area contributed by atoms with Gasteiger partial charge in [-0.05, 0) is 41.5 Å². The van der Waals surface area contributed by atoms with E-state index in [1.165, 1.54) is 16.7 Å². The van der Waals surface area contributed by atoms with Crippen molar-refractivity contribution in [1.29, 1.82) is 0 Å². The van der Waals surface area contributed by atoms with Crippen LogP contribution in [0.25, 0.3) is 0 Å². The zero-order valence-electron chi connectivity index (χ0n) is 14.7. The van der Waals surface area contributed by atoms with Crippen LogP contribution >= 0.6 is 0 Å².